The molecule has 1 saturated carbocycles. The molecular formula is C16H20ClN3O3S. The zero-order valence-corrected chi connectivity index (χ0v) is 15.3. The van der Waals surface area contributed by atoms with Crippen molar-refractivity contribution in [3.8, 4) is 5.75 Å². The van der Waals surface area contributed by atoms with E-state index in [-0.39, 0.29) is 11.5 Å². The van der Waals surface area contributed by atoms with E-state index in [1.165, 1.54) is 13.5 Å². The van der Waals surface area contributed by atoms with Crippen molar-refractivity contribution < 1.29 is 13.2 Å². The molecule has 0 N–H and O–H groups in total. The summed E-state index contributed by atoms with van der Waals surface area (Å²) in [5.41, 5.74) is 0.548. The largest absolute Gasteiger partial charge is 0.496 e. The van der Waals surface area contributed by atoms with Crippen LogP contribution in [0.5, 0.6) is 5.75 Å². The van der Waals surface area contributed by atoms with E-state index in [1.54, 1.807) is 18.2 Å². The van der Waals surface area contributed by atoms with Gasteiger partial charge in [0.05, 0.1) is 12.9 Å². The minimum atomic E-state index is -3.42. The molecule has 8 heteroatoms. The van der Waals surface area contributed by atoms with Crippen molar-refractivity contribution in [1.82, 2.24) is 14.8 Å². The number of hydrogen-bond acceptors (Lipinski definition) is 5. The highest BCUT2D eigenvalue weighted by molar-refractivity contribution is 7.89. The van der Waals surface area contributed by atoms with Gasteiger partial charge in [0.2, 0.25) is 0 Å². The van der Waals surface area contributed by atoms with Crippen LogP contribution >= 0.6 is 11.6 Å². The van der Waals surface area contributed by atoms with Gasteiger partial charge in [-0.25, -0.2) is 8.42 Å². The Labute approximate surface area is 146 Å². The Morgan fingerprint density at radius 3 is 2.67 bits per heavy atom. The third-order valence-corrected chi connectivity index (χ3v) is 6.12. The van der Waals surface area contributed by atoms with Crippen LogP contribution < -0.4 is 4.74 Å². The number of halogens is 1. The predicted molar refractivity (Wildman–Crippen MR) is 91.9 cm³/mol. The molecule has 2 aromatic rings. The Morgan fingerprint density at radius 1 is 1.29 bits per heavy atom. The van der Waals surface area contributed by atoms with Crippen LogP contribution in [0.25, 0.3) is 0 Å². The molecule has 1 heterocycles. The molecule has 1 aliphatic rings. The number of nitrogens with zero attached hydrogens (tertiary/aromatic N) is 3. The molecule has 1 fully saturated rings. The highest BCUT2D eigenvalue weighted by Gasteiger charge is 2.27. The summed E-state index contributed by atoms with van der Waals surface area (Å²) in [6, 6.07) is 4.96. The van der Waals surface area contributed by atoms with Gasteiger partial charge < -0.3 is 9.30 Å². The molecule has 0 radical (unpaired) electrons. The van der Waals surface area contributed by atoms with Crippen LogP contribution in [0, 0.1) is 0 Å². The molecule has 0 aliphatic heterocycles. The Morgan fingerprint density at radius 2 is 2.04 bits per heavy atom. The second kappa shape index (κ2) is 6.72. The molecule has 0 spiro atoms. The van der Waals surface area contributed by atoms with Crippen molar-refractivity contribution in [2.75, 3.05) is 7.11 Å². The number of methoxy groups -OCH3 is 1. The van der Waals surface area contributed by atoms with Crippen molar-refractivity contribution in [3.63, 3.8) is 0 Å². The van der Waals surface area contributed by atoms with Gasteiger partial charge in [-0.1, -0.05) is 18.0 Å². The lowest BCUT2D eigenvalue weighted by Gasteiger charge is -2.24. The Balaban J connectivity index is 1.79. The molecule has 0 unspecified atom stereocenters. The van der Waals surface area contributed by atoms with E-state index >= 15 is 0 Å². The molecule has 1 aliphatic carbocycles. The maximum Gasteiger partial charge on any atom is 0.161 e. The molecule has 3 rings (SSSR count). The van der Waals surface area contributed by atoms with Crippen LogP contribution in [-0.2, 0) is 28.4 Å². The lowest BCUT2D eigenvalue weighted by molar-refractivity contribution is 0.391. The molecular weight excluding hydrogens is 350 g/mol. The summed E-state index contributed by atoms with van der Waals surface area (Å²) in [6.07, 6.45) is 3.39. The lowest BCUT2D eigenvalue weighted by atomic mass is 9.85. The summed E-state index contributed by atoms with van der Waals surface area (Å²) < 4.78 is 32.2. The summed E-state index contributed by atoms with van der Waals surface area (Å²) in [5.74, 6) is 1.97. The molecule has 1 aromatic heterocycles. The normalized spacial score (nSPS) is 15.3. The fourth-order valence-corrected chi connectivity index (χ4v) is 4.51. The standard InChI is InChI=1S/C16H20ClN3O3S/c1-20-15(18-19-16(20)11-4-3-5-11)10-24(21,22)9-12-8-13(17)6-7-14(12)23-2/h6-8,11H,3-5,9-10H2,1-2H3. The predicted octanol–water partition coefficient (Wildman–Crippen LogP) is 2.86. The first-order valence-corrected chi connectivity index (χ1v) is 10.0. The number of ether oxygens (including phenoxy) is 1. The van der Waals surface area contributed by atoms with Gasteiger partial charge in [0, 0.05) is 23.6 Å². The third kappa shape index (κ3) is 3.57. The quantitative estimate of drug-likeness (QED) is 0.782. The molecule has 0 atom stereocenters. The summed E-state index contributed by atoms with van der Waals surface area (Å²) in [5, 5.41) is 8.74. The van der Waals surface area contributed by atoms with Crippen molar-refractivity contribution in [3.05, 3.63) is 40.4 Å². The van der Waals surface area contributed by atoms with Crippen LogP contribution in [0.1, 0.15) is 42.4 Å². The first-order chi connectivity index (χ1) is 11.4. The van der Waals surface area contributed by atoms with E-state index in [0.29, 0.717) is 28.1 Å². The highest BCUT2D eigenvalue weighted by Crippen LogP contribution is 2.35. The van der Waals surface area contributed by atoms with Gasteiger partial charge in [0.25, 0.3) is 0 Å². The molecule has 0 saturated heterocycles. The lowest BCUT2D eigenvalue weighted by Crippen LogP contribution is -2.16. The average molecular weight is 370 g/mol. The van der Waals surface area contributed by atoms with Gasteiger partial charge in [0.15, 0.2) is 9.84 Å². The Kier molecular flexibility index (Phi) is 4.83. The van der Waals surface area contributed by atoms with Crippen LogP contribution in [0.2, 0.25) is 5.02 Å². The summed E-state index contributed by atoms with van der Waals surface area (Å²) in [6.45, 7) is 0. The van der Waals surface area contributed by atoms with Gasteiger partial charge in [-0.3, -0.25) is 0 Å². The van der Waals surface area contributed by atoms with Crippen molar-refractivity contribution in [2.45, 2.75) is 36.7 Å². The Hall–Kier alpha value is -1.60. The van der Waals surface area contributed by atoms with Gasteiger partial charge in [-0.2, -0.15) is 0 Å². The number of rotatable bonds is 6. The van der Waals surface area contributed by atoms with E-state index in [4.69, 9.17) is 16.3 Å². The van der Waals surface area contributed by atoms with Crippen molar-refractivity contribution in [1.29, 1.82) is 0 Å². The maximum atomic E-state index is 12.6. The molecule has 24 heavy (non-hydrogen) atoms. The SMILES string of the molecule is COc1ccc(Cl)cc1CS(=O)(=O)Cc1nnc(C2CCC2)n1C. The summed E-state index contributed by atoms with van der Waals surface area (Å²) >= 11 is 5.97. The third-order valence-electron chi connectivity index (χ3n) is 4.44. The van der Waals surface area contributed by atoms with Crippen molar-refractivity contribution in [2.24, 2.45) is 7.05 Å². The van der Waals surface area contributed by atoms with E-state index in [2.05, 4.69) is 10.2 Å². The van der Waals surface area contributed by atoms with Gasteiger partial charge in [-0.15, -0.1) is 10.2 Å². The highest BCUT2D eigenvalue weighted by atomic mass is 35.5. The number of benzene rings is 1. The van der Waals surface area contributed by atoms with E-state index in [1.807, 2.05) is 11.6 Å². The zero-order chi connectivity index (χ0) is 17.3. The van der Waals surface area contributed by atoms with Crippen LogP contribution in [0.3, 0.4) is 0 Å². The molecule has 0 amide bonds. The van der Waals surface area contributed by atoms with E-state index in [9.17, 15) is 8.42 Å². The second-order valence-electron chi connectivity index (χ2n) is 6.15. The number of sulfone groups is 1. The van der Waals surface area contributed by atoms with E-state index in [0.717, 1.165) is 18.7 Å². The average Bonchev–Trinajstić information content (AvgIpc) is 2.78. The smallest absolute Gasteiger partial charge is 0.161 e. The zero-order valence-electron chi connectivity index (χ0n) is 13.7. The fraction of sp³-hybridized carbons (Fsp3) is 0.500. The monoisotopic (exact) mass is 369 g/mol. The molecule has 6 nitrogen and oxygen atoms in total. The van der Waals surface area contributed by atoms with Crippen LogP contribution in [-0.4, -0.2) is 30.3 Å². The minimum Gasteiger partial charge on any atom is -0.496 e. The minimum absolute atomic E-state index is 0.150. The number of hydrogen-bond donors (Lipinski definition) is 0. The second-order valence-corrected chi connectivity index (χ2v) is 8.65. The molecule has 130 valence electrons. The van der Waals surface area contributed by atoms with E-state index < -0.39 is 9.84 Å². The Bertz CT molecular complexity index is 844. The van der Waals surface area contributed by atoms with Crippen molar-refractivity contribution >= 4 is 21.4 Å². The summed E-state index contributed by atoms with van der Waals surface area (Å²) in [4.78, 5) is 0. The van der Waals surface area contributed by atoms with Gasteiger partial charge >= 0.3 is 0 Å². The maximum absolute atomic E-state index is 12.6. The molecule has 1 aromatic carbocycles. The van der Waals surface area contributed by atoms with Gasteiger partial charge in [0.1, 0.15) is 23.2 Å². The first kappa shape index (κ1) is 17.2. The fourth-order valence-electron chi connectivity index (χ4n) is 2.87. The van der Waals surface area contributed by atoms with Crippen LogP contribution in [0.15, 0.2) is 18.2 Å². The van der Waals surface area contributed by atoms with Gasteiger partial charge in [-0.05, 0) is 31.0 Å². The topological polar surface area (TPSA) is 74.1 Å². The summed E-state index contributed by atoms with van der Waals surface area (Å²) in [7, 11) is -0.0839. The van der Waals surface area contributed by atoms with Crippen LogP contribution in [0.4, 0.5) is 0 Å². The molecule has 0 bridgehead atoms. The number of aromatic nitrogens is 3. The first-order valence-electron chi connectivity index (χ1n) is 7.80.